The molecule has 1 atom stereocenters. The number of amides is 1. The number of piperidine rings is 1. The summed E-state index contributed by atoms with van der Waals surface area (Å²) in [7, 11) is -3.95. The van der Waals surface area contributed by atoms with Crippen molar-refractivity contribution in [1.29, 1.82) is 0 Å². The first-order valence-corrected chi connectivity index (χ1v) is 14.0. The fraction of sp³-hybridized carbons (Fsp3) is 0.357. The molecule has 0 unspecified atom stereocenters. The van der Waals surface area contributed by atoms with E-state index in [-0.39, 0.29) is 35.6 Å². The van der Waals surface area contributed by atoms with Gasteiger partial charge in [0.1, 0.15) is 5.69 Å². The van der Waals surface area contributed by atoms with E-state index in [1.54, 1.807) is 31.2 Å². The summed E-state index contributed by atoms with van der Waals surface area (Å²) in [5, 5.41) is 6.84. The Kier molecular flexibility index (Phi) is 7.02. The quantitative estimate of drug-likeness (QED) is 0.479. The van der Waals surface area contributed by atoms with Crippen LogP contribution >= 0.6 is 0 Å². The van der Waals surface area contributed by atoms with Crippen molar-refractivity contribution in [3.05, 3.63) is 64.0 Å². The predicted octanol–water partition coefficient (Wildman–Crippen LogP) is 4.85. The minimum Gasteiger partial charge on any atom is -0.454 e. The molecule has 0 spiro atoms. The molecule has 1 N–H and O–H groups in total. The second-order valence-corrected chi connectivity index (χ2v) is 11.7. The fourth-order valence-corrected chi connectivity index (χ4v) is 6.91. The second-order valence-electron chi connectivity index (χ2n) is 9.87. The zero-order chi connectivity index (χ0) is 27.0. The van der Waals surface area contributed by atoms with Gasteiger partial charge in [0.05, 0.1) is 5.92 Å². The first-order valence-electron chi connectivity index (χ1n) is 12.6. The van der Waals surface area contributed by atoms with Gasteiger partial charge in [-0.15, -0.1) is 0 Å². The van der Waals surface area contributed by atoms with E-state index in [0.29, 0.717) is 36.6 Å². The van der Waals surface area contributed by atoms with E-state index < -0.39 is 15.9 Å². The number of benzene rings is 2. The van der Waals surface area contributed by atoms with Gasteiger partial charge >= 0.3 is 0 Å². The Morgan fingerprint density at radius 1 is 1.05 bits per heavy atom. The number of anilines is 1. The minimum absolute atomic E-state index is 0.0352. The zero-order valence-corrected chi connectivity index (χ0v) is 22.7. The topological polar surface area (TPSA) is 111 Å². The van der Waals surface area contributed by atoms with Crippen LogP contribution in [0.1, 0.15) is 46.5 Å². The molecule has 1 amide bonds. The monoisotopic (exact) mass is 537 g/mol. The van der Waals surface area contributed by atoms with Crippen LogP contribution in [0.2, 0.25) is 0 Å². The molecule has 0 aliphatic carbocycles. The largest absolute Gasteiger partial charge is 0.454 e. The zero-order valence-electron chi connectivity index (χ0n) is 21.9. The molecule has 2 aliphatic rings. The third-order valence-corrected chi connectivity index (χ3v) is 8.99. The molecule has 3 heterocycles. The van der Waals surface area contributed by atoms with Gasteiger partial charge in [0.25, 0.3) is 0 Å². The third-order valence-electron chi connectivity index (χ3n) is 6.97. The van der Waals surface area contributed by atoms with Gasteiger partial charge in [0.2, 0.25) is 22.7 Å². The van der Waals surface area contributed by atoms with Crippen molar-refractivity contribution in [2.24, 2.45) is 5.92 Å². The van der Waals surface area contributed by atoms with Gasteiger partial charge < -0.3 is 19.3 Å². The predicted molar refractivity (Wildman–Crippen MR) is 143 cm³/mol. The van der Waals surface area contributed by atoms with Crippen molar-refractivity contribution < 1.29 is 27.2 Å². The SMILES string of the molecule is Cc1cc(C)c(/C=C/c2onc(C)c2S(=O)(=O)N2CCC[C@H](C(=O)Nc3ccc4c(c3)OCO4)C2)c(C)c1. The second kappa shape index (κ2) is 10.3. The molecule has 1 saturated heterocycles. The lowest BCUT2D eigenvalue weighted by atomic mass is 9.98. The smallest absolute Gasteiger partial charge is 0.248 e. The van der Waals surface area contributed by atoms with Crippen LogP contribution in [-0.4, -0.2) is 43.7 Å². The lowest BCUT2D eigenvalue weighted by Crippen LogP contribution is -2.43. The van der Waals surface area contributed by atoms with E-state index in [2.05, 4.69) is 22.6 Å². The van der Waals surface area contributed by atoms with Crippen molar-refractivity contribution >= 4 is 33.8 Å². The summed E-state index contributed by atoms with van der Waals surface area (Å²) in [6, 6.07) is 9.34. The molecule has 0 bridgehead atoms. The van der Waals surface area contributed by atoms with Gasteiger partial charge in [-0.05, 0) is 75.4 Å². The van der Waals surface area contributed by atoms with E-state index in [1.807, 2.05) is 26.8 Å². The average molecular weight is 538 g/mol. The molecule has 0 saturated carbocycles. The maximum atomic E-state index is 13.8. The summed E-state index contributed by atoms with van der Waals surface area (Å²) in [5.74, 6) is 0.626. The lowest BCUT2D eigenvalue weighted by molar-refractivity contribution is -0.120. The van der Waals surface area contributed by atoms with Crippen molar-refractivity contribution in [3.63, 3.8) is 0 Å². The number of carbonyl (C=O) groups excluding carboxylic acids is 1. The molecule has 1 aromatic heterocycles. The highest BCUT2D eigenvalue weighted by molar-refractivity contribution is 7.89. The highest BCUT2D eigenvalue weighted by Gasteiger charge is 2.37. The molecule has 9 nitrogen and oxygen atoms in total. The Hall–Kier alpha value is -3.63. The first kappa shape index (κ1) is 26.0. The summed E-state index contributed by atoms with van der Waals surface area (Å²) in [4.78, 5) is 13.1. The average Bonchev–Trinajstić information content (AvgIpc) is 3.49. The van der Waals surface area contributed by atoms with Gasteiger partial charge in [-0.25, -0.2) is 8.42 Å². The molecule has 0 radical (unpaired) electrons. The van der Waals surface area contributed by atoms with Crippen LogP contribution < -0.4 is 14.8 Å². The number of rotatable bonds is 6. The summed E-state index contributed by atoms with van der Waals surface area (Å²) in [6.45, 7) is 8.23. The summed E-state index contributed by atoms with van der Waals surface area (Å²) < 4.78 is 45.0. The summed E-state index contributed by atoms with van der Waals surface area (Å²) >= 11 is 0. The number of nitrogens with zero attached hydrogens (tertiary/aromatic N) is 2. The van der Waals surface area contributed by atoms with Crippen LogP contribution in [0.5, 0.6) is 11.5 Å². The molecular formula is C28H31N3O6S. The Balaban J connectivity index is 1.35. The molecule has 38 heavy (non-hydrogen) atoms. The lowest BCUT2D eigenvalue weighted by Gasteiger charge is -2.31. The number of nitrogens with one attached hydrogen (secondary N) is 1. The number of aryl methyl sites for hydroxylation is 4. The van der Waals surface area contributed by atoms with Gasteiger partial charge in [-0.1, -0.05) is 28.9 Å². The Morgan fingerprint density at radius 2 is 1.79 bits per heavy atom. The molecule has 10 heteroatoms. The van der Waals surface area contributed by atoms with Gasteiger partial charge in [0, 0.05) is 24.8 Å². The number of ether oxygens (including phenoxy) is 2. The molecular weight excluding hydrogens is 506 g/mol. The fourth-order valence-electron chi connectivity index (χ4n) is 5.13. The highest BCUT2D eigenvalue weighted by atomic mass is 32.2. The standard InChI is InChI=1S/C28H31N3O6S/c1-17-12-18(2)23(19(3)13-17)8-10-25-27(20(4)30-37-25)38(33,34)31-11-5-6-21(15-31)28(32)29-22-7-9-24-26(14-22)36-16-35-24/h7-10,12-14,21H,5-6,11,15-16H2,1-4H3,(H,29,32)/b10-8+/t21-/m0/s1. The number of fused-ring (bicyclic) bond motifs is 1. The minimum atomic E-state index is -3.95. The first-order chi connectivity index (χ1) is 18.1. The van der Waals surface area contributed by atoms with Crippen LogP contribution in [0, 0.1) is 33.6 Å². The van der Waals surface area contributed by atoms with E-state index in [9.17, 15) is 13.2 Å². The number of hydrogen-bond acceptors (Lipinski definition) is 7. The van der Waals surface area contributed by atoms with Gasteiger partial charge in [-0.3, -0.25) is 4.79 Å². The Bertz CT molecular complexity index is 1500. The van der Waals surface area contributed by atoms with Crippen molar-refractivity contribution in [2.75, 3.05) is 25.2 Å². The van der Waals surface area contributed by atoms with E-state index >= 15 is 0 Å². The number of carbonyl (C=O) groups is 1. The molecule has 1 fully saturated rings. The maximum Gasteiger partial charge on any atom is 0.248 e. The summed E-state index contributed by atoms with van der Waals surface area (Å²) in [5.41, 5.74) is 5.21. The Morgan fingerprint density at radius 3 is 2.55 bits per heavy atom. The van der Waals surface area contributed by atoms with Crippen LogP contribution in [0.25, 0.3) is 12.2 Å². The van der Waals surface area contributed by atoms with Crippen molar-refractivity contribution in [3.8, 4) is 11.5 Å². The van der Waals surface area contributed by atoms with Crippen LogP contribution in [-0.2, 0) is 14.8 Å². The van der Waals surface area contributed by atoms with E-state index in [0.717, 1.165) is 22.3 Å². The highest BCUT2D eigenvalue weighted by Crippen LogP contribution is 2.35. The van der Waals surface area contributed by atoms with E-state index in [4.69, 9.17) is 14.0 Å². The third kappa shape index (κ3) is 5.06. The number of hydrogen-bond donors (Lipinski definition) is 1. The molecule has 2 aromatic carbocycles. The van der Waals surface area contributed by atoms with Crippen LogP contribution in [0.15, 0.2) is 39.8 Å². The number of aromatic nitrogens is 1. The molecule has 200 valence electrons. The molecule has 3 aromatic rings. The van der Waals surface area contributed by atoms with Crippen molar-refractivity contribution in [1.82, 2.24) is 9.46 Å². The van der Waals surface area contributed by atoms with Crippen LogP contribution in [0.3, 0.4) is 0 Å². The molecule has 5 rings (SSSR count). The van der Waals surface area contributed by atoms with Gasteiger partial charge in [-0.2, -0.15) is 4.31 Å². The van der Waals surface area contributed by atoms with Crippen LogP contribution in [0.4, 0.5) is 5.69 Å². The number of sulfonamides is 1. The summed E-state index contributed by atoms with van der Waals surface area (Å²) in [6.07, 6.45) is 4.67. The maximum absolute atomic E-state index is 13.8. The van der Waals surface area contributed by atoms with E-state index in [1.165, 1.54) is 4.31 Å². The molecule has 2 aliphatic heterocycles. The normalized spacial score (nSPS) is 17.7. The van der Waals surface area contributed by atoms with Gasteiger partial charge in [0.15, 0.2) is 22.2 Å². The Labute approximate surface area is 222 Å². The van der Waals surface area contributed by atoms with Crippen molar-refractivity contribution in [2.45, 2.75) is 45.4 Å².